The predicted molar refractivity (Wildman–Crippen MR) is 65.5 cm³/mol. The number of rotatable bonds is 4. The zero-order valence-electron chi connectivity index (χ0n) is 9.56. The monoisotopic (exact) mass is 254 g/mol. The Morgan fingerprint density at radius 1 is 1.47 bits per heavy atom. The van der Waals surface area contributed by atoms with E-state index >= 15 is 0 Å². The standard InChI is InChI=1S/C12H15ClN2O2/c13-12-10(2-1-4-14-12)11(16)3-5-15-6-8-17-9-7-15/h1-2,4H,3,5-9H2. The summed E-state index contributed by atoms with van der Waals surface area (Å²) in [7, 11) is 0. The van der Waals surface area contributed by atoms with Gasteiger partial charge in [-0.3, -0.25) is 9.69 Å². The molecule has 1 aromatic rings. The van der Waals surface area contributed by atoms with Gasteiger partial charge in [0.05, 0.1) is 18.8 Å². The summed E-state index contributed by atoms with van der Waals surface area (Å²) < 4.78 is 5.25. The van der Waals surface area contributed by atoms with E-state index in [1.165, 1.54) is 0 Å². The molecule has 0 N–H and O–H groups in total. The highest BCUT2D eigenvalue weighted by Crippen LogP contribution is 2.14. The van der Waals surface area contributed by atoms with Crippen molar-refractivity contribution in [1.29, 1.82) is 0 Å². The maximum Gasteiger partial charge on any atom is 0.167 e. The highest BCUT2D eigenvalue weighted by Gasteiger charge is 2.14. The quantitative estimate of drug-likeness (QED) is 0.605. The second kappa shape index (κ2) is 6.10. The zero-order valence-corrected chi connectivity index (χ0v) is 10.3. The Labute approximate surface area is 106 Å². The van der Waals surface area contributed by atoms with Crippen molar-refractivity contribution in [2.24, 2.45) is 0 Å². The van der Waals surface area contributed by atoms with Gasteiger partial charge in [-0.05, 0) is 12.1 Å². The Kier molecular flexibility index (Phi) is 4.48. The lowest BCUT2D eigenvalue weighted by Gasteiger charge is -2.26. The smallest absolute Gasteiger partial charge is 0.167 e. The van der Waals surface area contributed by atoms with Crippen LogP contribution in [0.25, 0.3) is 0 Å². The van der Waals surface area contributed by atoms with Gasteiger partial charge in [-0.25, -0.2) is 4.98 Å². The molecule has 5 heteroatoms. The molecule has 1 aliphatic heterocycles. The Hall–Kier alpha value is -0.970. The minimum absolute atomic E-state index is 0.0505. The summed E-state index contributed by atoms with van der Waals surface area (Å²) in [6.45, 7) is 4.05. The van der Waals surface area contributed by atoms with Gasteiger partial charge >= 0.3 is 0 Å². The number of ether oxygens (including phenoxy) is 1. The van der Waals surface area contributed by atoms with Crippen LogP contribution in [0.1, 0.15) is 16.8 Å². The molecule has 92 valence electrons. The number of carbonyl (C=O) groups is 1. The van der Waals surface area contributed by atoms with Crippen molar-refractivity contribution in [2.75, 3.05) is 32.8 Å². The molecular formula is C12H15ClN2O2. The molecule has 0 aliphatic carbocycles. The molecule has 0 spiro atoms. The van der Waals surface area contributed by atoms with E-state index in [1.54, 1.807) is 18.3 Å². The molecule has 0 unspecified atom stereocenters. The maximum atomic E-state index is 11.9. The van der Waals surface area contributed by atoms with Gasteiger partial charge in [-0.15, -0.1) is 0 Å². The summed E-state index contributed by atoms with van der Waals surface area (Å²) in [6, 6.07) is 3.45. The molecular weight excluding hydrogens is 240 g/mol. The van der Waals surface area contributed by atoms with Crippen molar-refractivity contribution < 1.29 is 9.53 Å². The third-order valence-electron chi connectivity index (χ3n) is 2.82. The molecule has 17 heavy (non-hydrogen) atoms. The molecule has 1 aromatic heterocycles. The van der Waals surface area contributed by atoms with E-state index < -0.39 is 0 Å². The molecule has 4 nitrogen and oxygen atoms in total. The van der Waals surface area contributed by atoms with Gasteiger partial charge in [0.25, 0.3) is 0 Å². The lowest BCUT2D eigenvalue weighted by molar-refractivity contribution is 0.0370. The van der Waals surface area contributed by atoms with E-state index in [9.17, 15) is 4.79 Å². The fourth-order valence-electron chi connectivity index (χ4n) is 1.81. The first-order valence-electron chi connectivity index (χ1n) is 5.71. The van der Waals surface area contributed by atoms with Gasteiger partial charge in [0.15, 0.2) is 5.78 Å². The summed E-state index contributed by atoms with van der Waals surface area (Å²) in [4.78, 5) is 18.1. The molecule has 0 saturated carbocycles. The first kappa shape index (κ1) is 12.5. The van der Waals surface area contributed by atoms with Gasteiger partial charge in [-0.1, -0.05) is 11.6 Å². The summed E-state index contributed by atoms with van der Waals surface area (Å²) in [5, 5.41) is 0.291. The fourth-order valence-corrected chi connectivity index (χ4v) is 2.04. The molecule has 1 fully saturated rings. The minimum Gasteiger partial charge on any atom is -0.379 e. The number of pyridine rings is 1. The van der Waals surface area contributed by atoms with Crippen molar-refractivity contribution in [3.05, 3.63) is 29.0 Å². The lowest BCUT2D eigenvalue weighted by Crippen LogP contribution is -2.37. The summed E-state index contributed by atoms with van der Waals surface area (Å²) >= 11 is 5.88. The number of morpholine rings is 1. The van der Waals surface area contributed by atoms with Crippen LogP contribution in [-0.4, -0.2) is 48.5 Å². The normalized spacial score (nSPS) is 17.0. The van der Waals surface area contributed by atoms with Crippen LogP contribution in [-0.2, 0) is 4.74 Å². The SMILES string of the molecule is O=C(CCN1CCOCC1)c1cccnc1Cl. The van der Waals surface area contributed by atoms with Crippen LogP contribution < -0.4 is 0 Å². The number of hydrogen-bond acceptors (Lipinski definition) is 4. The van der Waals surface area contributed by atoms with Crippen molar-refractivity contribution >= 4 is 17.4 Å². The summed E-state index contributed by atoms with van der Waals surface area (Å²) in [6.07, 6.45) is 2.06. The number of nitrogens with zero attached hydrogens (tertiary/aromatic N) is 2. The summed E-state index contributed by atoms with van der Waals surface area (Å²) in [5.74, 6) is 0.0505. The Morgan fingerprint density at radius 3 is 2.94 bits per heavy atom. The largest absolute Gasteiger partial charge is 0.379 e. The summed E-state index contributed by atoms with van der Waals surface area (Å²) in [5.41, 5.74) is 0.516. The molecule has 0 radical (unpaired) electrons. The van der Waals surface area contributed by atoms with Gasteiger partial charge in [0.2, 0.25) is 0 Å². The highest BCUT2D eigenvalue weighted by molar-refractivity contribution is 6.32. The third kappa shape index (κ3) is 3.49. The number of hydrogen-bond donors (Lipinski definition) is 0. The van der Waals surface area contributed by atoms with Gasteiger partial charge in [-0.2, -0.15) is 0 Å². The third-order valence-corrected chi connectivity index (χ3v) is 3.12. The van der Waals surface area contributed by atoms with Crippen molar-refractivity contribution in [2.45, 2.75) is 6.42 Å². The van der Waals surface area contributed by atoms with Crippen LogP contribution in [0.2, 0.25) is 5.15 Å². The zero-order chi connectivity index (χ0) is 12.1. The van der Waals surface area contributed by atoms with Gasteiger partial charge in [0, 0.05) is 32.3 Å². The second-order valence-corrected chi connectivity index (χ2v) is 4.33. The van der Waals surface area contributed by atoms with Crippen LogP contribution in [0, 0.1) is 0 Å². The van der Waals surface area contributed by atoms with Gasteiger partial charge in [0.1, 0.15) is 5.15 Å². The number of halogens is 1. The van der Waals surface area contributed by atoms with Crippen LogP contribution in [0.3, 0.4) is 0 Å². The van der Waals surface area contributed by atoms with Crippen molar-refractivity contribution in [3.8, 4) is 0 Å². The fraction of sp³-hybridized carbons (Fsp3) is 0.500. The van der Waals surface area contributed by atoms with E-state index in [-0.39, 0.29) is 5.78 Å². The van der Waals surface area contributed by atoms with Crippen LogP contribution in [0.5, 0.6) is 0 Å². The van der Waals surface area contributed by atoms with Gasteiger partial charge < -0.3 is 4.74 Å². The van der Waals surface area contributed by atoms with Crippen LogP contribution >= 0.6 is 11.6 Å². The van der Waals surface area contributed by atoms with Crippen LogP contribution in [0.15, 0.2) is 18.3 Å². The number of carbonyl (C=O) groups excluding carboxylic acids is 1. The number of aromatic nitrogens is 1. The average Bonchev–Trinajstić information content (AvgIpc) is 2.38. The maximum absolute atomic E-state index is 11.9. The van der Waals surface area contributed by atoms with E-state index in [4.69, 9.17) is 16.3 Å². The first-order chi connectivity index (χ1) is 8.27. The average molecular weight is 255 g/mol. The van der Waals surface area contributed by atoms with Crippen LogP contribution in [0.4, 0.5) is 0 Å². The molecule has 1 aliphatic rings. The predicted octanol–water partition coefficient (Wildman–Crippen LogP) is 1.64. The topological polar surface area (TPSA) is 42.4 Å². The van der Waals surface area contributed by atoms with E-state index in [1.807, 2.05) is 0 Å². The Bertz CT molecular complexity index is 392. The molecule has 0 atom stereocenters. The number of ketones is 1. The van der Waals surface area contributed by atoms with E-state index in [0.717, 1.165) is 32.8 Å². The molecule has 2 rings (SSSR count). The van der Waals surface area contributed by atoms with Crippen molar-refractivity contribution in [3.63, 3.8) is 0 Å². The molecule has 0 amide bonds. The number of Topliss-reactive ketones (excluding diaryl/α,β-unsaturated/α-hetero) is 1. The minimum atomic E-state index is 0.0505. The molecule has 0 bridgehead atoms. The van der Waals surface area contributed by atoms with E-state index in [2.05, 4.69) is 9.88 Å². The second-order valence-electron chi connectivity index (χ2n) is 3.97. The Balaban J connectivity index is 1.87. The lowest BCUT2D eigenvalue weighted by atomic mass is 10.1. The molecule has 2 heterocycles. The molecule has 0 aromatic carbocycles. The van der Waals surface area contributed by atoms with Crippen molar-refractivity contribution in [1.82, 2.24) is 9.88 Å². The Morgan fingerprint density at radius 2 is 2.24 bits per heavy atom. The molecule has 1 saturated heterocycles. The highest BCUT2D eigenvalue weighted by atomic mass is 35.5. The van der Waals surface area contributed by atoms with E-state index in [0.29, 0.717) is 17.1 Å². The first-order valence-corrected chi connectivity index (χ1v) is 6.09.